The summed E-state index contributed by atoms with van der Waals surface area (Å²) in [6.07, 6.45) is -3.21. The number of carbonyl (C=O) groups excluding carboxylic acids is 1. The number of hydrogen-bond acceptors (Lipinski definition) is 4. The molecule has 0 aliphatic rings. The van der Waals surface area contributed by atoms with Crippen LogP contribution in [0.2, 0.25) is 0 Å². The molecule has 0 saturated heterocycles. The summed E-state index contributed by atoms with van der Waals surface area (Å²) in [5.74, 6) is -0.0676. The Bertz CT molecular complexity index is 652. The number of benzene rings is 1. The van der Waals surface area contributed by atoms with Crippen LogP contribution in [0.15, 0.2) is 47.1 Å². The normalized spacial score (nSPS) is 12.9. The lowest BCUT2D eigenvalue weighted by Crippen LogP contribution is -2.34. The molecule has 2 aromatic rings. The van der Waals surface area contributed by atoms with Crippen LogP contribution < -0.4 is 10.1 Å². The van der Waals surface area contributed by atoms with Crippen molar-refractivity contribution in [1.29, 1.82) is 0 Å². The average Bonchev–Trinajstić information content (AvgIpc) is 3.00. The van der Waals surface area contributed by atoms with Crippen molar-refractivity contribution in [3.05, 3.63) is 54.0 Å². The molecule has 0 aliphatic carbocycles. The zero-order valence-corrected chi connectivity index (χ0v) is 13.1. The Morgan fingerprint density at radius 1 is 1.25 bits per heavy atom. The summed E-state index contributed by atoms with van der Waals surface area (Å²) in [5, 5.41) is 2.73. The number of ether oxygens (including phenoxy) is 1. The van der Waals surface area contributed by atoms with Crippen molar-refractivity contribution in [2.45, 2.75) is 12.4 Å². The first-order valence-electron chi connectivity index (χ1n) is 7.10. The second kappa shape index (κ2) is 7.39. The molecule has 0 aliphatic heterocycles. The number of halogens is 3. The molecule has 1 N–H and O–H groups in total. The maximum atomic E-state index is 12.1. The monoisotopic (exact) mass is 342 g/mol. The molecule has 24 heavy (non-hydrogen) atoms. The van der Waals surface area contributed by atoms with Gasteiger partial charge in [0.05, 0.1) is 12.3 Å². The first-order chi connectivity index (χ1) is 11.3. The highest BCUT2D eigenvalue weighted by Gasteiger charge is 2.31. The van der Waals surface area contributed by atoms with Crippen molar-refractivity contribution >= 4 is 5.91 Å². The maximum Gasteiger partial charge on any atom is 0.573 e. The topological polar surface area (TPSA) is 54.7 Å². The van der Waals surface area contributed by atoms with E-state index < -0.39 is 12.3 Å². The highest BCUT2D eigenvalue weighted by molar-refractivity contribution is 5.94. The van der Waals surface area contributed by atoms with E-state index in [4.69, 9.17) is 4.42 Å². The minimum atomic E-state index is -4.76. The number of carbonyl (C=O) groups is 1. The van der Waals surface area contributed by atoms with E-state index in [2.05, 4.69) is 10.1 Å². The van der Waals surface area contributed by atoms with E-state index in [1.165, 1.54) is 12.1 Å². The van der Waals surface area contributed by atoms with Gasteiger partial charge in [-0.2, -0.15) is 0 Å². The first kappa shape index (κ1) is 17.9. The lowest BCUT2D eigenvalue weighted by molar-refractivity contribution is -0.274. The van der Waals surface area contributed by atoms with Crippen LogP contribution in [0, 0.1) is 0 Å². The first-order valence-corrected chi connectivity index (χ1v) is 7.10. The molecule has 0 saturated carbocycles. The summed E-state index contributed by atoms with van der Waals surface area (Å²) in [6, 6.07) is 8.14. The third kappa shape index (κ3) is 5.02. The molecule has 2 rings (SSSR count). The Kier molecular flexibility index (Phi) is 5.50. The maximum absolute atomic E-state index is 12.1. The van der Waals surface area contributed by atoms with Gasteiger partial charge in [-0.1, -0.05) is 0 Å². The smallest absolute Gasteiger partial charge is 0.468 e. The molecule has 1 aromatic carbocycles. The van der Waals surface area contributed by atoms with Crippen molar-refractivity contribution < 1.29 is 27.1 Å². The third-order valence-corrected chi connectivity index (χ3v) is 3.30. The standard InChI is InChI=1S/C16H17F3N2O3/c1-21(2)13(14-4-3-9-23-14)10-20-15(22)11-5-7-12(8-6-11)24-16(17,18)19/h3-9,13H,10H2,1-2H3,(H,20,22). The van der Waals surface area contributed by atoms with Gasteiger partial charge in [-0.25, -0.2) is 0 Å². The third-order valence-electron chi connectivity index (χ3n) is 3.30. The highest BCUT2D eigenvalue weighted by Crippen LogP contribution is 2.23. The Morgan fingerprint density at radius 2 is 1.92 bits per heavy atom. The summed E-state index contributed by atoms with van der Waals surface area (Å²) in [7, 11) is 3.70. The number of rotatable bonds is 6. The van der Waals surface area contributed by atoms with Crippen molar-refractivity contribution in [3.63, 3.8) is 0 Å². The van der Waals surface area contributed by atoms with Gasteiger partial charge in [0.2, 0.25) is 0 Å². The molecule has 0 bridgehead atoms. The summed E-state index contributed by atoms with van der Waals surface area (Å²) in [6.45, 7) is 0.292. The molecule has 8 heteroatoms. The number of nitrogens with one attached hydrogen (secondary N) is 1. The Morgan fingerprint density at radius 3 is 2.42 bits per heavy atom. The van der Waals surface area contributed by atoms with Crippen molar-refractivity contribution in [1.82, 2.24) is 10.2 Å². The number of alkyl halides is 3. The molecule has 5 nitrogen and oxygen atoms in total. The zero-order chi connectivity index (χ0) is 17.7. The van der Waals surface area contributed by atoms with Crippen LogP contribution in [0.3, 0.4) is 0 Å². The van der Waals surface area contributed by atoms with Gasteiger partial charge in [0, 0.05) is 12.1 Å². The summed E-state index contributed by atoms with van der Waals surface area (Å²) in [5.41, 5.74) is 0.237. The van der Waals surface area contributed by atoms with Crippen LogP contribution in [-0.4, -0.2) is 37.8 Å². The molecular weight excluding hydrogens is 325 g/mol. The molecule has 130 valence electrons. The molecule has 1 aromatic heterocycles. The predicted octanol–water partition coefficient (Wildman–Crippen LogP) is 3.21. The summed E-state index contributed by atoms with van der Waals surface area (Å²) < 4.78 is 45.4. The zero-order valence-electron chi connectivity index (χ0n) is 13.1. The Balaban J connectivity index is 1.96. The number of hydrogen-bond donors (Lipinski definition) is 1. The van der Waals surface area contributed by atoms with Gasteiger partial charge in [0.15, 0.2) is 0 Å². The fraction of sp³-hybridized carbons (Fsp3) is 0.312. The number of amides is 1. The van der Waals surface area contributed by atoms with Gasteiger partial charge < -0.3 is 14.5 Å². The molecule has 0 fully saturated rings. The van der Waals surface area contributed by atoms with Crippen LogP contribution in [-0.2, 0) is 0 Å². The Labute approximate surface area is 137 Å². The second-order valence-corrected chi connectivity index (χ2v) is 5.28. The SMILES string of the molecule is CN(C)C(CNC(=O)c1ccc(OC(F)(F)F)cc1)c1ccco1. The van der Waals surface area contributed by atoms with Crippen LogP contribution in [0.1, 0.15) is 22.2 Å². The van der Waals surface area contributed by atoms with E-state index in [-0.39, 0.29) is 17.4 Å². The number of furan rings is 1. The lowest BCUT2D eigenvalue weighted by Gasteiger charge is -2.22. The van der Waals surface area contributed by atoms with Crippen molar-refractivity contribution in [3.8, 4) is 5.75 Å². The summed E-state index contributed by atoms with van der Waals surface area (Å²) >= 11 is 0. The second-order valence-electron chi connectivity index (χ2n) is 5.28. The molecule has 1 atom stereocenters. The van der Waals surface area contributed by atoms with Crippen molar-refractivity contribution in [2.75, 3.05) is 20.6 Å². The van der Waals surface area contributed by atoms with E-state index in [9.17, 15) is 18.0 Å². The van der Waals surface area contributed by atoms with E-state index in [1.54, 1.807) is 18.4 Å². The highest BCUT2D eigenvalue weighted by atomic mass is 19.4. The summed E-state index contributed by atoms with van der Waals surface area (Å²) in [4.78, 5) is 14.0. The largest absolute Gasteiger partial charge is 0.573 e. The van der Waals surface area contributed by atoms with Crippen LogP contribution >= 0.6 is 0 Å². The van der Waals surface area contributed by atoms with Crippen LogP contribution in [0.25, 0.3) is 0 Å². The van der Waals surface area contributed by atoms with Crippen LogP contribution in [0.5, 0.6) is 5.75 Å². The molecule has 1 heterocycles. The van der Waals surface area contributed by atoms with Gasteiger partial charge >= 0.3 is 6.36 Å². The van der Waals surface area contributed by atoms with Crippen LogP contribution in [0.4, 0.5) is 13.2 Å². The van der Waals surface area contributed by atoms with Gasteiger partial charge in [-0.3, -0.25) is 9.69 Å². The molecule has 1 unspecified atom stereocenters. The van der Waals surface area contributed by atoms with Gasteiger partial charge in [-0.05, 0) is 50.5 Å². The number of nitrogens with zero attached hydrogens (tertiary/aromatic N) is 1. The van der Waals surface area contributed by atoms with E-state index in [0.717, 1.165) is 12.1 Å². The van der Waals surface area contributed by atoms with E-state index in [1.807, 2.05) is 19.0 Å². The molecular formula is C16H17F3N2O3. The number of likely N-dealkylation sites (N-methyl/N-ethyl adjacent to an activating group) is 1. The molecule has 0 radical (unpaired) electrons. The fourth-order valence-corrected chi connectivity index (χ4v) is 2.12. The predicted molar refractivity (Wildman–Crippen MR) is 80.6 cm³/mol. The lowest BCUT2D eigenvalue weighted by atomic mass is 10.1. The van der Waals surface area contributed by atoms with Crippen molar-refractivity contribution in [2.24, 2.45) is 0 Å². The van der Waals surface area contributed by atoms with Gasteiger partial charge in [-0.15, -0.1) is 13.2 Å². The minimum Gasteiger partial charge on any atom is -0.468 e. The van der Waals surface area contributed by atoms with E-state index >= 15 is 0 Å². The average molecular weight is 342 g/mol. The van der Waals surface area contributed by atoms with Gasteiger partial charge in [0.25, 0.3) is 5.91 Å². The molecule has 1 amide bonds. The minimum absolute atomic E-state index is 0.156. The Hall–Kier alpha value is -2.48. The fourth-order valence-electron chi connectivity index (χ4n) is 2.12. The molecule has 0 spiro atoms. The van der Waals surface area contributed by atoms with E-state index in [0.29, 0.717) is 12.3 Å². The van der Waals surface area contributed by atoms with Gasteiger partial charge in [0.1, 0.15) is 11.5 Å². The quantitative estimate of drug-likeness (QED) is 0.876.